The molecule has 12 rings (SSSR count). The molecular formula is C66H54. The summed E-state index contributed by atoms with van der Waals surface area (Å²) in [6.45, 7) is 18.7. The predicted molar refractivity (Wildman–Crippen MR) is 283 cm³/mol. The van der Waals surface area contributed by atoms with E-state index in [4.69, 9.17) is 0 Å². The Labute approximate surface area is 390 Å². The minimum Gasteiger partial charge on any atom is -0.0616 e. The smallest absolute Gasteiger partial charge is 0.0159 e. The Kier molecular flexibility index (Phi) is 8.91. The molecule has 0 aliphatic heterocycles. The van der Waals surface area contributed by atoms with Gasteiger partial charge in [-0.3, -0.25) is 0 Å². The Morgan fingerprint density at radius 3 is 0.939 bits per heavy atom. The maximum Gasteiger partial charge on any atom is 0.0159 e. The third kappa shape index (κ3) is 6.04. The van der Waals surface area contributed by atoms with Gasteiger partial charge in [-0.25, -0.2) is 0 Å². The Balaban J connectivity index is 0.849. The second-order valence-corrected chi connectivity index (χ2v) is 20.3. The molecule has 0 aromatic heterocycles. The molecule has 0 amide bonds. The molecule has 0 saturated carbocycles. The highest BCUT2D eigenvalue weighted by Crippen LogP contribution is 2.54. The standard InChI is InChI=1S/C66H54/c1-39-33-59(51-21-13-17-43-15-9-11-19-49(43)51)41(3)31-57(39)47-25-29-55-53-27-23-45(35-61(53)65(5,6)63(55)37-47)46-24-28-54-56-30-26-48(38-64(56)66(7,8)62(54)36-46)58-32-42(4)60(34-40(58)2)52-22-14-18-44-16-10-12-20-50(44)52/h9-38H,1-8H3. The van der Waals surface area contributed by atoms with Crippen LogP contribution in [-0.2, 0) is 10.8 Å². The summed E-state index contributed by atoms with van der Waals surface area (Å²) in [7, 11) is 0. The van der Waals surface area contributed by atoms with E-state index in [1.807, 2.05) is 0 Å². The molecule has 0 atom stereocenters. The van der Waals surface area contributed by atoms with E-state index in [-0.39, 0.29) is 10.8 Å². The summed E-state index contributed by atoms with van der Waals surface area (Å²) in [4.78, 5) is 0. The van der Waals surface area contributed by atoms with Crippen molar-refractivity contribution >= 4 is 21.5 Å². The van der Waals surface area contributed by atoms with Crippen molar-refractivity contribution < 1.29 is 0 Å². The Morgan fingerprint density at radius 2 is 0.545 bits per heavy atom. The van der Waals surface area contributed by atoms with Gasteiger partial charge in [0.05, 0.1) is 0 Å². The van der Waals surface area contributed by atoms with Gasteiger partial charge in [0.2, 0.25) is 0 Å². The summed E-state index contributed by atoms with van der Waals surface area (Å²) in [5.74, 6) is 0. The lowest BCUT2D eigenvalue weighted by Gasteiger charge is -2.24. The van der Waals surface area contributed by atoms with Crippen LogP contribution in [0.4, 0.5) is 0 Å². The number of fused-ring (bicyclic) bond motifs is 8. The monoisotopic (exact) mass is 846 g/mol. The van der Waals surface area contributed by atoms with Crippen LogP contribution in [0.15, 0.2) is 182 Å². The van der Waals surface area contributed by atoms with Crippen LogP contribution in [0.5, 0.6) is 0 Å². The number of aryl methyl sites for hydroxylation is 4. The molecule has 0 radical (unpaired) electrons. The first-order chi connectivity index (χ1) is 31.9. The second-order valence-electron chi connectivity index (χ2n) is 20.3. The summed E-state index contributed by atoms with van der Waals surface area (Å²) < 4.78 is 0. The van der Waals surface area contributed by atoms with Gasteiger partial charge in [-0.15, -0.1) is 0 Å². The summed E-state index contributed by atoms with van der Waals surface area (Å²) >= 11 is 0. The molecule has 0 bridgehead atoms. The number of hydrogen-bond acceptors (Lipinski definition) is 0. The van der Waals surface area contributed by atoms with E-state index in [9.17, 15) is 0 Å². The average molecular weight is 847 g/mol. The summed E-state index contributed by atoms with van der Waals surface area (Å²) in [5.41, 5.74) is 28.8. The van der Waals surface area contributed by atoms with E-state index in [1.54, 1.807) is 0 Å². The van der Waals surface area contributed by atoms with Gasteiger partial charge in [0.15, 0.2) is 0 Å². The van der Waals surface area contributed by atoms with Crippen molar-refractivity contribution in [2.24, 2.45) is 0 Å². The molecule has 0 fully saturated rings. The molecule has 0 heterocycles. The van der Waals surface area contributed by atoms with Crippen molar-refractivity contribution in [3.05, 3.63) is 226 Å². The molecule has 66 heavy (non-hydrogen) atoms. The molecule has 0 saturated heterocycles. The van der Waals surface area contributed by atoms with Gasteiger partial charge in [-0.05, 0) is 196 Å². The molecular weight excluding hydrogens is 793 g/mol. The Hall–Kier alpha value is -7.28. The third-order valence-electron chi connectivity index (χ3n) is 15.6. The van der Waals surface area contributed by atoms with Gasteiger partial charge in [0, 0.05) is 10.8 Å². The van der Waals surface area contributed by atoms with E-state index in [0.717, 1.165) is 0 Å². The molecule has 0 heteroatoms. The van der Waals surface area contributed by atoms with Gasteiger partial charge >= 0.3 is 0 Å². The molecule has 0 unspecified atom stereocenters. The first-order valence-electron chi connectivity index (χ1n) is 23.7. The van der Waals surface area contributed by atoms with Crippen LogP contribution < -0.4 is 0 Å². The fourth-order valence-corrected chi connectivity index (χ4v) is 11.9. The summed E-state index contributed by atoms with van der Waals surface area (Å²) in [6.07, 6.45) is 0. The highest BCUT2D eigenvalue weighted by Gasteiger charge is 2.38. The predicted octanol–water partition coefficient (Wildman–Crippen LogP) is 18.2. The molecule has 0 N–H and O–H groups in total. The van der Waals surface area contributed by atoms with E-state index >= 15 is 0 Å². The lowest BCUT2D eigenvalue weighted by atomic mass is 9.79. The van der Waals surface area contributed by atoms with Crippen molar-refractivity contribution in [2.75, 3.05) is 0 Å². The van der Waals surface area contributed by atoms with Crippen LogP contribution in [0.1, 0.15) is 72.2 Å². The Bertz CT molecular complexity index is 3430. The van der Waals surface area contributed by atoms with Crippen LogP contribution in [0.2, 0.25) is 0 Å². The molecule has 10 aromatic rings. The van der Waals surface area contributed by atoms with Crippen molar-refractivity contribution in [1.82, 2.24) is 0 Å². The molecule has 2 aliphatic carbocycles. The number of rotatable bonds is 5. The zero-order chi connectivity index (χ0) is 45.2. The van der Waals surface area contributed by atoms with Crippen molar-refractivity contribution in [3.63, 3.8) is 0 Å². The maximum atomic E-state index is 2.48. The second kappa shape index (κ2) is 14.6. The van der Waals surface area contributed by atoms with Gasteiger partial charge < -0.3 is 0 Å². The minimum absolute atomic E-state index is 0.144. The van der Waals surface area contributed by atoms with E-state index in [1.165, 1.54) is 144 Å². The lowest BCUT2D eigenvalue weighted by molar-refractivity contribution is 0.660. The average Bonchev–Trinajstić information content (AvgIpc) is 3.70. The maximum absolute atomic E-state index is 2.48. The van der Waals surface area contributed by atoms with Crippen molar-refractivity contribution in [3.8, 4) is 77.9 Å². The van der Waals surface area contributed by atoms with Crippen LogP contribution >= 0.6 is 0 Å². The van der Waals surface area contributed by atoms with E-state index < -0.39 is 0 Å². The molecule has 0 nitrogen and oxygen atoms in total. The number of hydrogen-bond donors (Lipinski definition) is 0. The molecule has 0 spiro atoms. The minimum atomic E-state index is -0.144. The molecule has 10 aromatic carbocycles. The largest absolute Gasteiger partial charge is 0.0616 e. The molecule has 318 valence electrons. The van der Waals surface area contributed by atoms with Gasteiger partial charge in [0.1, 0.15) is 0 Å². The third-order valence-corrected chi connectivity index (χ3v) is 15.6. The summed E-state index contributed by atoms with van der Waals surface area (Å²) in [6, 6.07) is 69.1. The van der Waals surface area contributed by atoms with Crippen LogP contribution in [-0.4, -0.2) is 0 Å². The SMILES string of the molecule is Cc1cc(-c2cccc3ccccc23)c(C)cc1-c1ccc2c(c1)C(C)(C)c1cc(-c3ccc4c(c3)C(C)(C)c3cc(-c5cc(C)c(-c6cccc7ccccc67)cc5C)ccc3-4)ccc1-2. The zero-order valence-corrected chi connectivity index (χ0v) is 39.3. The quantitative estimate of drug-likeness (QED) is 0.162. The van der Waals surface area contributed by atoms with Crippen LogP contribution in [0.3, 0.4) is 0 Å². The highest BCUT2D eigenvalue weighted by atomic mass is 14.4. The highest BCUT2D eigenvalue weighted by molar-refractivity contribution is 5.99. The normalized spacial score (nSPS) is 14.0. The van der Waals surface area contributed by atoms with E-state index in [2.05, 4.69) is 237 Å². The number of benzene rings is 10. The van der Waals surface area contributed by atoms with Gasteiger partial charge in [-0.2, -0.15) is 0 Å². The van der Waals surface area contributed by atoms with Gasteiger partial charge in [0.25, 0.3) is 0 Å². The van der Waals surface area contributed by atoms with Crippen molar-refractivity contribution in [2.45, 2.75) is 66.2 Å². The molecule has 2 aliphatic rings. The fraction of sp³-hybridized carbons (Fsp3) is 0.152. The van der Waals surface area contributed by atoms with Crippen molar-refractivity contribution in [1.29, 1.82) is 0 Å². The topological polar surface area (TPSA) is 0 Å². The van der Waals surface area contributed by atoms with E-state index in [0.29, 0.717) is 0 Å². The zero-order valence-electron chi connectivity index (χ0n) is 39.3. The Morgan fingerprint density at radius 1 is 0.242 bits per heavy atom. The first-order valence-corrected chi connectivity index (χ1v) is 23.7. The fourth-order valence-electron chi connectivity index (χ4n) is 11.9. The first kappa shape index (κ1) is 40.2. The lowest BCUT2D eigenvalue weighted by Crippen LogP contribution is -2.15. The summed E-state index contributed by atoms with van der Waals surface area (Å²) in [5, 5.41) is 5.16. The van der Waals surface area contributed by atoms with Crippen LogP contribution in [0, 0.1) is 27.7 Å². The van der Waals surface area contributed by atoms with Crippen LogP contribution in [0.25, 0.3) is 99.4 Å². The van der Waals surface area contributed by atoms with Gasteiger partial charge in [-0.1, -0.05) is 185 Å².